The Kier molecular flexibility index (Phi) is 3.35. The number of carboxylic acids is 1. The zero-order valence-electron chi connectivity index (χ0n) is 9.70. The maximum Gasteiger partial charge on any atom is 0.307 e. The third-order valence-electron chi connectivity index (χ3n) is 3.42. The largest absolute Gasteiger partial charge is 0.481 e. The molecule has 4 atom stereocenters. The highest BCUT2D eigenvalue weighted by Crippen LogP contribution is 2.40. The molecule has 0 spiro atoms. The second-order valence-corrected chi connectivity index (χ2v) is 4.76. The maximum atomic E-state index is 12.1. The Hall–Kier alpha value is -1.14. The van der Waals surface area contributed by atoms with Crippen LogP contribution in [0.1, 0.15) is 13.3 Å². The number of amides is 1. The summed E-state index contributed by atoms with van der Waals surface area (Å²) in [6.45, 7) is 2.48. The number of carboxylic acid groups (broad SMARTS) is 1. The number of aliphatic carboxylic acids is 1. The van der Waals surface area contributed by atoms with Crippen LogP contribution >= 0.6 is 0 Å². The van der Waals surface area contributed by atoms with Crippen LogP contribution in [0.5, 0.6) is 0 Å². The summed E-state index contributed by atoms with van der Waals surface area (Å²) in [5.74, 6) is -1.92. The number of aliphatic hydroxyl groups is 1. The van der Waals surface area contributed by atoms with Gasteiger partial charge in [0.2, 0.25) is 5.91 Å². The molecule has 96 valence electrons. The molecule has 0 bridgehead atoms. The molecule has 1 aliphatic carbocycles. The zero-order valence-corrected chi connectivity index (χ0v) is 9.70. The summed E-state index contributed by atoms with van der Waals surface area (Å²) in [6, 6.07) is -0.0552. The van der Waals surface area contributed by atoms with E-state index in [1.54, 1.807) is 4.90 Å². The van der Waals surface area contributed by atoms with Crippen molar-refractivity contribution in [3.63, 3.8) is 0 Å². The van der Waals surface area contributed by atoms with Crippen LogP contribution in [0.2, 0.25) is 0 Å². The smallest absolute Gasteiger partial charge is 0.307 e. The fourth-order valence-electron chi connectivity index (χ4n) is 2.19. The summed E-state index contributed by atoms with van der Waals surface area (Å²) in [5.41, 5.74) is 0. The lowest BCUT2D eigenvalue weighted by Crippen LogP contribution is -2.52. The lowest BCUT2D eigenvalue weighted by molar-refractivity contribution is -0.150. The summed E-state index contributed by atoms with van der Waals surface area (Å²) in [6.07, 6.45) is 0.0827. The van der Waals surface area contributed by atoms with E-state index in [-0.39, 0.29) is 30.6 Å². The van der Waals surface area contributed by atoms with Gasteiger partial charge >= 0.3 is 5.97 Å². The minimum Gasteiger partial charge on any atom is -0.481 e. The third-order valence-corrected chi connectivity index (χ3v) is 3.42. The number of carbonyl (C=O) groups excluding carboxylic acids is 1. The molecule has 2 aliphatic rings. The highest BCUT2D eigenvalue weighted by molar-refractivity contribution is 5.89. The Morgan fingerprint density at radius 1 is 1.41 bits per heavy atom. The number of ether oxygens (including phenoxy) is 1. The molecule has 2 fully saturated rings. The molecular formula is C11H17NO5. The van der Waals surface area contributed by atoms with E-state index in [2.05, 4.69) is 0 Å². The fourth-order valence-corrected chi connectivity index (χ4v) is 2.19. The van der Waals surface area contributed by atoms with Crippen LogP contribution in [0.15, 0.2) is 0 Å². The van der Waals surface area contributed by atoms with E-state index in [0.717, 1.165) is 0 Å². The maximum absolute atomic E-state index is 12.1. The number of rotatable bonds is 3. The molecule has 0 aromatic carbocycles. The lowest BCUT2D eigenvalue weighted by atomic mass is 10.1. The molecule has 0 aromatic rings. The van der Waals surface area contributed by atoms with Crippen LogP contribution in [0.3, 0.4) is 0 Å². The van der Waals surface area contributed by atoms with Gasteiger partial charge in [0, 0.05) is 6.54 Å². The normalized spacial score (nSPS) is 36.7. The molecule has 1 amide bonds. The van der Waals surface area contributed by atoms with Crippen molar-refractivity contribution >= 4 is 11.9 Å². The van der Waals surface area contributed by atoms with Gasteiger partial charge in [-0.15, -0.1) is 0 Å². The summed E-state index contributed by atoms with van der Waals surface area (Å²) < 4.78 is 5.33. The van der Waals surface area contributed by atoms with Crippen LogP contribution in [0, 0.1) is 11.8 Å². The first kappa shape index (κ1) is 12.3. The van der Waals surface area contributed by atoms with E-state index < -0.39 is 11.9 Å². The summed E-state index contributed by atoms with van der Waals surface area (Å²) in [4.78, 5) is 24.4. The first-order valence-corrected chi connectivity index (χ1v) is 5.80. The van der Waals surface area contributed by atoms with Crippen molar-refractivity contribution in [3.05, 3.63) is 0 Å². The number of aliphatic hydroxyl groups excluding tert-OH is 1. The molecule has 0 radical (unpaired) electrons. The predicted octanol–water partition coefficient (Wildman–Crippen LogP) is -0.685. The Morgan fingerprint density at radius 3 is 2.65 bits per heavy atom. The van der Waals surface area contributed by atoms with Gasteiger partial charge in [0.05, 0.1) is 37.2 Å². The second-order valence-electron chi connectivity index (χ2n) is 4.76. The summed E-state index contributed by atoms with van der Waals surface area (Å²) >= 11 is 0. The number of hydrogen-bond acceptors (Lipinski definition) is 4. The SMILES string of the molecule is CC1COC(CO)CN1C(=O)[C@@H]1C[C@@H]1C(=O)O. The van der Waals surface area contributed by atoms with Gasteiger partial charge in [-0.05, 0) is 13.3 Å². The third kappa shape index (κ3) is 2.42. The van der Waals surface area contributed by atoms with E-state index in [1.165, 1.54) is 0 Å². The van der Waals surface area contributed by atoms with Gasteiger partial charge in [-0.1, -0.05) is 0 Å². The topological polar surface area (TPSA) is 87.1 Å². The first-order chi connectivity index (χ1) is 8.04. The minimum absolute atomic E-state index is 0.0552. The van der Waals surface area contributed by atoms with E-state index in [1.807, 2.05) is 6.92 Å². The van der Waals surface area contributed by atoms with Gasteiger partial charge in [-0.2, -0.15) is 0 Å². The molecule has 1 heterocycles. The van der Waals surface area contributed by atoms with E-state index in [4.69, 9.17) is 14.9 Å². The second kappa shape index (κ2) is 4.62. The molecule has 1 saturated carbocycles. The van der Waals surface area contributed by atoms with Gasteiger partial charge in [-0.3, -0.25) is 9.59 Å². The van der Waals surface area contributed by atoms with Crippen LogP contribution in [-0.2, 0) is 14.3 Å². The fraction of sp³-hybridized carbons (Fsp3) is 0.818. The Labute approximate surface area is 99.2 Å². The van der Waals surface area contributed by atoms with Crippen molar-refractivity contribution in [1.82, 2.24) is 4.90 Å². The van der Waals surface area contributed by atoms with E-state index >= 15 is 0 Å². The van der Waals surface area contributed by atoms with Crippen LogP contribution in [0.4, 0.5) is 0 Å². The molecule has 6 nitrogen and oxygen atoms in total. The van der Waals surface area contributed by atoms with Crippen LogP contribution in [0.25, 0.3) is 0 Å². The monoisotopic (exact) mass is 243 g/mol. The van der Waals surface area contributed by atoms with Crippen LogP contribution in [-0.4, -0.2) is 58.9 Å². The average molecular weight is 243 g/mol. The minimum atomic E-state index is -0.900. The van der Waals surface area contributed by atoms with E-state index in [9.17, 15) is 9.59 Å². The summed E-state index contributed by atoms with van der Waals surface area (Å²) in [5, 5.41) is 17.8. The average Bonchev–Trinajstić information content (AvgIpc) is 3.09. The molecule has 1 saturated heterocycles. The molecule has 0 aromatic heterocycles. The standard InChI is InChI=1S/C11H17NO5/c1-6-5-17-7(4-13)3-12(6)10(14)8-2-9(8)11(15)16/h6-9,13H,2-5H2,1H3,(H,15,16)/t6?,7?,8-,9+/m1/s1. The molecule has 2 N–H and O–H groups in total. The highest BCUT2D eigenvalue weighted by atomic mass is 16.5. The number of morpholine rings is 1. The lowest BCUT2D eigenvalue weighted by Gasteiger charge is -2.37. The van der Waals surface area contributed by atoms with Crippen LogP contribution < -0.4 is 0 Å². The molecule has 2 rings (SSSR count). The predicted molar refractivity (Wildman–Crippen MR) is 57.2 cm³/mol. The van der Waals surface area contributed by atoms with Gasteiger partial charge < -0.3 is 19.8 Å². The molecular weight excluding hydrogens is 226 g/mol. The van der Waals surface area contributed by atoms with E-state index in [0.29, 0.717) is 19.6 Å². The van der Waals surface area contributed by atoms with Gasteiger partial charge in [-0.25, -0.2) is 0 Å². The molecule has 17 heavy (non-hydrogen) atoms. The van der Waals surface area contributed by atoms with Crippen molar-refractivity contribution in [2.45, 2.75) is 25.5 Å². The van der Waals surface area contributed by atoms with Crippen molar-refractivity contribution in [1.29, 1.82) is 0 Å². The molecule has 2 unspecified atom stereocenters. The molecule has 6 heteroatoms. The quantitative estimate of drug-likeness (QED) is 0.685. The summed E-state index contributed by atoms with van der Waals surface area (Å²) in [7, 11) is 0. The number of nitrogens with zero attached hydrogens (tertiary/aromatic N) is 1. The Bertz CT molecular complexity index is 332. The number of hydrogen-bond donors (Lipinski definition) is 2. The first-order valence-electron chi connectivity index (χ1n) is 5.80. The Balaban J connectivity index is 1.96. The van der Waals surface area contributed by atoms with Gasteiger partial charge in [0.25, 0.3) is 0 Å². The highest BCUT2D eigenvalue weighted by Gasteiger charge is 2.51. The number of carbonyl (C=O) groups is 2. The zero-order chi connectivity index (χ0) is 12.6. The van der Waals surface area contributed by atoms with Crippen molar-refractivity contribution < 1.29 is 24.5 Å². The van der Waals surface area contributed by atoms with Gasteiger partial charge in [0.15, 0.2) is 0 Å². The molecule has 1 aliphatic heterocycles. The van der Waals surface area contributed by atoms with Crippen molar-refractivity contribution in [3.8, 4) is 0 Å². The van der Waals surface area contributed by atoms with Crippen molar-refractivity contribution in [2.75, 3.05) is 19.8 Å². The van der Waals surface area contributed by atoms with Gasteiger partial charge in [0.1, 0.15) is 0 Å². The Morgan fingerprint density at radius 2 is 2.12 bits per heavy atom. The van der Waals surface area contributed by atoms with Crippen molar-refractivity contribution in [2.24, 2.45) is 11.8 Å².